The molecule has 194 valence electrons. The number of thioether (sulfide) groups is 1. The van der Waals surface area contributed by atoms with Crippen LogP contribution in [0.25, 0.3) is 0 Å². The van der Waals surface area contributed by atoms with Crippen LogP contribution in [0.5, 0.6) is 0 Å². The highest BCUT2D eigenvalue weighted by Crippen LogP contribution is 2.38. The van der Waals surface area contributed by atoms with Crippen molar-refractivity contribution in [2.24, 2.45) is 0 Å². The van der Waals surface area contributed by atoms with Gasteiger partial charge >= 0.3 is 11.9 Å². The van der Waals surface area contributed by atoms with E-state index in [2.05, 4.69) is 0 Å². The molecule has 0 amide bonds. The number of carbonyl (C=O) groups excluding carboxylic acids is 2. The van der Waals surface area contributed by atoms with Gasteiger partial charge in [0.15, 0.2) is 12.2 Å². The van der Waals surface area contributed by atoms with Crippen LogP contribution in [0.2, 0.25) is 0 Å². The maximum absolute atomic E-state index is 12.8. The van der Waals surface area contributed by atoms with E-state index in [0.29, 0.717) is 0 Å². The monoisotopic (exact) mass is 522 g/mol. The molecule has 0 radical (unpaired) electrons. The van der Waals surface area contributed by atoms with Gasteiger partial charge in [-0.2, -0.15) is 0 Å². The van der Waals surface area contributed by atoms with Crippen LogP contribution in [0.1, 0.15) is 18.1 Å². The predicted octanol–water partition coefficient (Wildman–Crippen LogP) is 4.78. The van der Waals surface area contributed by atoms with Crippen molar-refractivity contribution in [2.45, 2.75) is 54.9 Å². The first-order chi connectivity index (χ1) is 18.0. The summed E-state index contributed by atoms with van der Waals surface area (Å²) in [5, 5.41) is 0. The summed E-state index contributed by atoms with van der Waals surface area (Å²) in [5.74, 6) is -1.22. The minimum Gasteiger partial charge on any atom is -0.467 e. The normalized spacial score (nSPS) is 23.2. The van der Waals surface area contributed by atoms with Crippen LogP contribution in [-0.2, 0) is 46.5 Å². The van der Waals surface area contributed by atoms with Gasteiger partial charge in [-0.1, -0.05) is 90.6 Å². The van der Waals surface area contributed by atoms with Crippen molar-refractivity contribution >= 4 is 23.7 Å². The molecule has 1 fully saturated rings. The zero-order valence-corrected chi connectivity index (χ0v) is 21.5. The van der Waals surface area contributed by atoms with Crippen molar-refractivity contribution in [1.82, 2.24) is 0 Å². The molecule has 3 aromatic rings. The van der Waals surface area contributed by atoms with Crippen LogP contribution < -0.4 is 0 Å². The maximum Gasteiger partial charge on any atom is 0.339 e. The summed E-state index contributed by atoms with van der Waals surface area (Å²) in [6.45, 7) is 1.79. The Morgan fingerprint density at radius 2 is 1.27 bits per heavy atom. The molecular weight excluding hydrogens is 492 g/mol. The molecule has 5 atom stereocenters. The first-order valence-corrected chi connectivity index (χ1v) is 12.9. The van der Waals surface area contributed by atoms with Crippen molar-refractivity contribution in [3.05, 3.63) is 102 Å². The average molecular weight is 523 g/mol. The van der Waals surface area contributed by atoms with Crippen molar-refractivity contribution in [2.75, 3.05) is 7.11 Å². The number of rotatable bonds is 10. The van der Waals surface area contributed by atoms with Crippen molar-refractivity contribution in [1.29, 1.82) is 0 Å². The van der Waals surface area contributed by atoms with Gasteiger partial charge in [-0.25, -0.2) is 4.79 Å². The smallest absolute Gasteiger partial charge is 0.339 e. The lowest BCUT2D eigenvalue weighted by Gasteiger charge is -2.44. The van der Waals surface area contributed by atoms with Gasteiger partial charge in [0, 0.05) is 11.8 Å². The van der Waals surface area contributed by atoms with E-state index in [4.69, 9.17) is 23.7 Å². The lowest BCUT2D eigenvalue weighted by atomic mass is 9.98. The lowest BCUT2D eigenvalue weighted by Crippen LogP contribution is -2.61. The first-order valence-electron chi connectivity index (χ1n) is 12.0. The van der Waals surface area contributed by atoms with Crippen LogP contribution >= 0.6 is 11.8 Å². The van der Waals surface area contributed by atoms with E-state index in [1.54, 1.807) is 0 Å². The Hall–Kier alpha value is -3.17. The van der Waals surface area contributed by atoms with Gasteiger partial charge in [0.2, 0.25) is 0 Å². The topological polar surface area (TPSA) is 80.3 Å². The molecule has 0 aliphatic carbocycles. The third-order valence-electron chi connectivity index (χ3n) is 5.80. The molecule has 0 spiro atoms. The number of carbonyl (C=O) groups is 2. The Kier molecular flexibility index (Phi) is 9.73. The number of esters is 2. The van der Waals surface area contributed by atoms with Gasteiger partial charge in [0.05, 0.1) is 20.3 Å². The Morgan fingerprint density at radius 1 is 0.757 bits per heavy atom. The zero-order valence-electron chi connectivity index (χ0n) is 20.7. The molecule has 0 saturated carbocycles. The number of ether oxygens (including phenoxy) is 5. The van der Waals surface area contributed by atoms with Gasteiger partial charge < -0.3 is 23.7 Å². The van der Waals surface area contributed by atoms with Crippen LogP contribution in [0.15, 0.2) is 95.9 Å². The summed E-state index contributed by atoms with van der Waals surface area (Å²) in [6.07, 6.45) is -3.75. The summed E-state index contributed by atoms with van der Waals surface area (Å²) in [7, 11) is 1.27. The number of hydrogen-bond donors (Lipinski definition) is 0. The summed E-state index contributed by atoms with van der Waals surface area (Å²) in [6, 6.07) is 29.0. The number of hydrogen-bond acceptors (Lipinski definition) is 8. The fourth-order valence-electron chi connectivity index (χ4n) is 4.06. The van der Waals surface area contributed by atoms with E-state index in [1.807, 2.05) is 91.0 Å². The molecule has 37 heavy (non-hydrogen) atoms. The van der Waals surface area contributed by atoms with Crippen LogP contribution in [-0.4, -0.2) is 48.9 Å². The van der Waals surface area contributed by atoms with Gasteiger partial charge in [-0.3, -0.25) is 4.79 Å². The second-order valence-electron chi connectivity index (χ2n) is 8.48. The minimum absolute atomic E-state index is 0.227. The molecule has 0 N–H and O–H groups in total. The summed E-state index contributed by atoms with van der Waals surface area (Å²) in [5.41, 5.74) is 1.24. The summed E-state index contributed by atoms with van der Waals surface area (Å²) in [4.78, 5) is 25.9. The van der Waals surface area contributed by atoms with Gasteiger partial charge in [0.25, 0.3) is 0 Å². The zero-order chi connectivity index (χ0) is 26.0. The highest BCUT2D eigenvalue weighted by molar-refractivity contribution is 7.99. The molecule has 1 aliphatic heterocycles. The van der Waals surface area contributed by atoms with E-state index >= 15 is 0 Å². The van der Waals surface area contributed by atoms with Crippen molar-refractivity contribution < 1.29 is 33.3 Å². The summed E-state index contributed by atoms with van der Waals surface area (Å²) < 4.78 is 29.7. The SMILES string of the molecule is COC(=O)[C@H]1O[C@@H](Sc2ccccc2)[C@@H](OCc2ccccc2)[C@@H](OCc2ccccc2)[C@@H]1OC(C)=O. The molecule has 0 aromatic heterocycles. The quantitative estimate of drug-likeness (QED) is 0.352. The number of methoxy groups -OCH3 is 1. The van der Waals surface area contributed by atoms with E-state index < -0.39 is 41.8 Å². The molecule has 4 rings (SSSR count). The molecule has 0 bridgehead atoms. The highest BCUT2D eigenvalue weighted by atomic mass is 32.2. The standard InChI is InChI=1S/C29H30O7S/c1-20(30)35-25-24(33-18-21-12-6-3-7-13-21)27(34-19-22-14-8-4-9-15-22)29(36-26(25)28(31)32-2)37-23-16-10-5-11-17-23/h3-17,24-27,29H,18-19H2,1-2H3/t24-,25-,26-,27-,29-/m0/s1. The minimum atomic E-state index is -1.19. The lowest BCUT2D eigenvalue weighted by molar-refractivity contribution is -0.243. The van der Waals surface area contributed by atoms with E-state index in [0.717, 1.165) is 16.0 Å². The summed E-state index contributed by atoms with van der Waals surface area (Å²) >= 11 is 1.41. The predicted molar refractivity (Wildman–Crippen MR) is 139 cm³/mol. The first kappa shape index (κ1) is 26.9. The van der Waals surface area contributed by atoms with Crippen molar-refractivity contribution in [3.8, 4) is 0 Å². The van der Waals surface area contributed by atoms with E-state index in [1.165, 1.54) is 25.8 Å². The van der Waals surface area contributed by atoms with Gasteiger partial charge in [0.1, 0.15) is 17.6 Å². The van der Waals surface area contributed by atoms with Crippen molar-refractivity contribution in [3.63, 3.8) is 0 Å². The highest BCUT2D eigenvalue weighted by Gasteiger charge is 2.52. The molecule has 1 heterocycles. The maximum atomic E-state index is 12.8. The van der Waals surface area contributed by atoms with Crippen LogP contribution in [0.4, 0.5) is 0 Å². The molecule has 1 aliphatic rings. The van der Waals surface area contributed by atoms with Crippen LogP contribution in [0.3, 0.4) is 0 Å². The second-order valence-corrected chi connectivity index (χ2v) is 9.65. The Morgan fingerprint density at radius 3 is 1.78 bits per heavy atom. The fourth-order valence-corrected chi connectivity index (χ4v) is 5.19. The van der Waals surface area contributed by atoms with E-state index in [9.17, 15) is 9.59 Å². The van der Waals surface area contributed by atoms with E-state index in [-0.39, 0.29) is 13.2 Å². The number of benzene rings is 3. The molecule has 3 aromatic carbocycles. The molecule has 7 nitrogen and oxygen atoms in total. The molecule has 1 saturated heterocycles. The second kappa shape index (κ2) is 13.4. The Labute approximate surface area is 221 Å². The van der Waals surface area contributed by atoms with Gasteiger partial charge in [-0.05, 0) is 23.3 Å². The largest absolute Gasteiger partial charge is 0.467 e. The van der Waals surface area contributed by atoms with Gasteiger partial charge in [-0.15, -0.1) is 0 Å². The third kappa shape index (κ3) is 7.42. The van der Waals surface area contributed by atoms with Crippen LogP contribution in [0, 0.1) is 0 Å². The average Bonchev–Trinajstić information content (AvgIpc) is 2.93. The third-order valence-corrected chi connectivity index (χ3v) is 6.95. The fraction of sp³-hybridized carbons (Fsp3) is 0.310. The Balaban J connectivity index is 1.69. The molecular formula is C29H30O7S. The Bertz CT molecular complexity index is 1130. The molecule has 8 heteroatoms. The molecule has 0 unspecified atom stereocenters.